The molecule has 0 bridgehead atoms. The van der Waals surface area contributed by atoms with E-state index >= 15 is 0 Å². The topological polar surface area (TPSA) is 63.9 Å². The van der Waals surface area contributed by atoms with Crippen LogP contribution in [0, 0.1) is 5.92 Å². The summed E-state index contributed by atoms with van der Waals surface area (Å²) in [5.41, 5.74) is 1.65. The summed E-state index contributed by atoms with van der Waals surface area (Å²) in [5, 5.41) is 9.36. The van der Waals surface area contributed by atoms with Crippen LogP contribution >= 0.6 is 0 Å². The van der Waals surface area contributed by atoms with E-state index in [1.165, 1.54) is 0 Å². The number of benzene rings is 1. The third-order valence-electron chi connectivity index (χ3n) is 5.33. The van der Waals surface area contributed by atoms with Gasteiger partial charge in [0.2, 0.25) is 0 Å². The van der Waals surface area contributed by atoms with Gasteiger partial charge in [0.1, 0.15) is 12.2 Å². The van der Waals surface area contributed by atoms with E-state index in [9.17, 15) is 4.79 Å². The highest BCUT2D eigenvalue weighted by molar-refractivity contribution is 5.98. The Balaban J connectivity index is 1.48. The molecule has 0 N–H and O–H groups in total. The fourth-order valence-electron chi connectivity index (χ4n) is 3.91. The van der Waals surface area contributed by atoms with Crippen molar-refractivity contribution >= 4 is 16.8 Å². The lowest BCUT2D eigenvalue weighted by molar-refractivity contribution is 0.0671. The molecule has 3 heterocycles. The highest BCUT2D eigenvalue weighted by Gasteiger charge is 2.26. The Morgan fingerprint density at radius 3 is 3.04 bits per heavy atom. The van der Waals surface area contributed by atoms with E-state index in [0.29, 0.717) is 12.0 Å². The van der Waals surface area contributed by atoms with Crippen molar-refractivity contribution in [1.29, 1.82) is 0 Å². The average molecular weight is 363 g/mol. The van der Waals surface area contributed by atoms with Crippen LogP contribution in [0.3, 0.4) is 0 Å². The first kappa shape index (κ1) is 17.6. The van der Waals surface area contributed by atoms with Crippen LogP contribution in [0.25, 0.3) is 10.9 Å². The molecule has 1 amide bonds. The Bertz CT molecular complexity index is 948. The highest BCUT2D eigenvalue weighted by Crippen LogP contribution is 2.23. The van der Waals surface area contributed by atoms with Gasteiger partial charge in [-0.1, -0.05) is 6.07 Å². The number of hydrogen-bond acceptors (Lipinski definition) is 4. The number of piperidine rings is 1. The molecule has 4 rings (SSSR count). The van der Waals surface area contributed by atoms with Crippen LogP contribution < -0.4 is 0 Å². The van der Waals surface area contributed by atoms with Gasteiger partial charge in [-0.2, -0.15) is 0 Å². The first-order chi connectivity index (χ1) is 13.1. The van der Waals surface area contributed by atoms with E-state index in [0.717, 1.165) is 54.6 Å². The number of aromatic nitrogens is 4. The maximum Gasteiger partial charge on any atom is 0.253 e. The number of carbonyl (C=O) groups excluding carboxylic acids is 1. The number of likely N-dealkylation sites (tertiary alicyclic amines) is 1. The van der Waals surface area contributed by atoms with Crippen LogP contribution in [0.4, 0.5) is 0 Å². The summed E-state index contributed by atoms with van der Waals surface area (Å²) in [5.74, 6) is 1.54. The molecule has 0 spiro atoms. The monoisotopic (exact) mass is 363 g/mol. The van der Waals surface area contributed by atoms with Gasteiger partial charge in [-0.05, 0) is 56.9 Å². The average Bonchev–Trinajstić information content (AvgIpc) is 3.15. The lowest BCUT2D eigenvalue weighted by Gasteiger charge is -2.33. The smallest absolute Gasteiger partial charge is 0.253 e. The summed E-state index contributed by atoms with van der Waals surface area (Å²) >= 11 is 0. The highest BCUT2D eigenvalue weighted by atomic mass is 16.2. The quantitative estimate of drug-likeness (QED) is 0.712. The summed E-state index contributed by atoms with van der Waals surface area (Å²) in [6, 6.07) is 10.0. The molecule has 6 nitrogen and oxygen atoms in total. The minimum atomic E-state index is 0.107. The number of rotatable bonds is 4. The fourth-order valence-corrected chi connectivity index (χ4v) is 3.91. The van der Waals surface area contributed by atoms with E-state index in [2.05, 4.69) is 33.6 Å². The molecule has 1 fully saturated rings. The molecule has 1 saturated heterocycles. The Hall–Kier alpha value is -2.76. The Labute approximate surface area is 159 Å². The van der Waals surface area contributed by atoms with Crippen molar-refractivity contribution in [2.45, 2.75) is 39.2 Å². The van der Waals surface area contributed by atoms with Gasteiger partial charge < -0.3 is 9.47 Å². The summed E-state index contributed by atoms with van der Waals surface area (Å²) in [6.07, 6.45) is 6.59. The molecule has 1 aliphatic rings. The predicted molar refractivity (Wildman–Crippen MR) is 104 cm³/mol. The maximum atomic E-state index is 13.0. The first-order valence-electron chi connectivity index (χ1n) is 9.64. The lowest BCUT2D eigenvalue weighted by atomic mass is 9.93. The van der Waals surface area contributed by atoms with Crippen molar-refractivity contribution in [2.75, 3.05) is 13.1 Å². The van der Waals surface area contributed by atoms with Crippen molar-refractivity contribution in [3.63, 3.8) is 0 Å². The second-order valence-corrected chi connectivity index (χ2v) is 7.62. The second-order valence-electron chi connectivity index (χ2n) is 7.62. The summed E-state index contributed by atoms with van der Waals surface area (Å²) in [6.45, 7) is 5.86. The zero-order chi connectivity index (χ0) is 18.8. The van der Waals surface area contributed by atoms with Crippen LogP contribution in [0.15, 0.2) is 42.9 Å². The molecule has 2 aromatic heterocycles. The number of nitrogens with zero attached hydrogens (tertiary/aromatic N) is 5. The summed E-state index contributed by atoms with van der Waals surface area (Å²) in [7, 11) is 0. The van der Waals surface area contributed by atoms with E-state index in [-0.39, 0.29) is 5.91 Å². The molecule has 1 atom stereocenters. The van der Waals surface area contributed by atoms with E-state index in [1.54, 1.807) is 12.5 Å². The van der Waals surface area contributed by atoms with Crippen LogP contribution in [0.2, 0.25) is 0 Å². The van der Waals surface area contributed by atoms with Crippen LogP contribution in [0.5, 0.6) is 0 Å². The van der Waals surface area contributed by atoms with E-state index in [1.807, 2.05) is 35.2 Å². The fraction of sp³-hybridized carbons (Fsp3) is 0.429. The Morgan fingerprint density at radius 2 is 2.19 bits per heavy atom. The number of carbonyl (C=O) groups is 1. The molecule has 0 radical (unpaired) electrons. The molecular formula is C21H25N5O. The van der Waals surface area contributed by atoms with Gasteiger partial charge in [0, 0.05) is 42.7 Å². The third-order valence-corrected chi connectivity index (χ3v) is 5.33. The van der Waals surface area contributed by atoms with E-state index < -0.39 is 0 Å². The largest absolute Gasteiger partial charge is 0.338 e. The zero-order valence-electron chi connectivity index (χ0n) is 15.9. The van der Waals surface area contributed by atoms with Crippen molar-refractivity contribution in [2.24, 2.45) is 5.92 Å². The maximum absolute atomic E-state index is 13.0. The van der Waals surface area contributed by atoms with Crippen LogP contribution in [-0.2, 0) is 6.42 Å². The molecule has 3 aromatic rings. The molecule has 27 heavy (non-hydrogen) atoms. The number of fused-ring (bicyclic) bond motifs is 1. The normalized spacial score (nSPS) is 17.6. The van der Waals surface area contributed by atoms with Crippen molar-refractivity contribution in [3.8, 4) is 0 Å². The SMILES string of the molecule is CC(C)n1cnnc1CC1CCCN(C(=O)c2ccc3ncccc3c2)C1. The third kappa shape index (κ3) is 3.70. The summed E-state index contributed by atoms with van der Waals surface area (Å²) in [4.78, 5) is 19.4. The van der Waals surface area contributed by atoms with Crippen molar-refractivity contribution in [3.05, 3.63) is 54.2 Å². The minimum absolute atomic E-state index is 0.107. The Morgan fingerprint density at radius 1 is 1.30 bits per heavy atom. The summed E-state index contributed by atoms with van der Waals surface area (Å²) < 4.78 is 2.12. The molecule has 1 unspecified atom stereocenters. The molecule has 0 saturated carbocycles. The van der Waals surface area contributed by atoms with Crippen molar-refractivity contribution < 1.29 is 4.79 Å². The second kappa shape index (κ2) is 7.47. The number of hydrogen-bond donors (Lipinski definition) is 0. The van der Waals surface area contributed by atoms with Gasteiger partial charge in [-0.3, -0.25) is 9.78 Å². The van der Waals surface area contributed by atoms with Gasteiger partial charge in [-0.25, -0.2) is 0 Å². The molecule has 1 aromatic carbocycles. The van der Waals surface area contributed by atoms with Crippen molar-refractivity contribution in [1.82, 2.24) is 24.6 Å². The molecular weight excluding hydrogens is 338 g/mol. The van der Waals surface area contributed by atoms with Gasteiger partial charge >= 0.3 is 0 Å². The minimum Gasteiger partial charge on any atom is -0.338 e. The van der Waals surface area contributed by atoms with Gasteiger partial charge in [0.15, 0.2) is 0 Å². The Kier molecular flexibility index (Phi) is 4.88. The predicted octanol–water partition coefficient (Wildman–Crippen LogP) is 3.50. The van der Waals surface area contributed by atoms with Crippen LogP contribution in [0.1, 0.15) is 48.9 Å². The van der Waals surface area contributed by atoms with Gasteiger partial charge in [0.05, 0.1) is 5.52 Å². The van der Waals surface area contributed by atoms with E-state index in [4.69, 9.17) is 0 Å². The standard InChI is InChI=1S/C21H25N5O/c1-15(2)26-14-23-24-20(26)11-16-5-4-10-25(13-16)21(27)18-7-8-19-17(12-18)6-3-9-22-19/h3,6-9,12,14-16H,4-5,10-11,13H2,1-2H3. The zero-order valence-corrected chi connectivity index (χ0v) is 15.9. The lowest BCUT2D eigenvalue weighted by Crippen LogP contribution is -2.40. The number of amides is 1. The van der Waals surface area contributed by atoms with Gasteiger partial charge in [-0.15, -0.1) is 10.2 Å². The molecule has 6 heteroatoms. The number of pyridine rings is 1. The van der Waals surface area contributed by atoms with Gasteiger partial charge in [0.25, 0.3) is 5.91 Å². The van der Waals surface area contributed by atoms with Crippen LogP contribution in [-0.4, -0.2) is 43.6 Å². The molecule has 140 valence electrons. The first-order valence-corrected chi connectivity index (χ1v) is 9.64. The molecule has 0 aliphatic carbocycles. The molecule has 1 aliphatic heterocycles.